The first-order valence-corrected chi connectivity index (χ1v) is 10.3. The van der Waals surface area contributed by atoms with Crippen molar-refractivity contribution in [3.8, 4) is 0 Å². The van der Waals surface area contributed by atoms with Gasteiger partial charge in [0.15, 0.2) is 5.82 Å². The maximum atomic E-state index is 13.0. The van der Waals surface area contributed by atoms with Crippen LogP contribution in [0, 0.1) is 6.92 Å². The van der Waals surface area contributed by atoms with Crippen molar-refractivity contribution in [3.63, 3.8) is 0 Å². The molecule has 3 aromatic rings. The zero-order valence-electron chi connectivity index (χ0n) is 17.5. The first-order chi connectivity index (χ1) is 14.8. The Morgan fingerprint density at radius 3 is 2.61 bits per heavy atom. The summed E-state index contributed by atoms with van der Waals surface area (Å²) in [7, 11) is 1.99. The molecule has 2 N–H and O–H groups in total. The fourth-order valence-corrected chi connectivity index (χ4v) is 3.92. The average molecular weight is 430 g/mol. The normalized spacial score (nSPS) is 15.5. The van der Waals surface area contributed by atoms with Crippen molar-refractivity contribution in [2.45, 2.75) is 38.5 Å². The molecule has 1 aliphatic rings. The van der Waals surface area contributed by atoms with E-state index in [4.69, 9.17) is 0 Å². The summed E-state index contributed by atoms with van der Waals surface area (Å²) >= 11 is 0. The molecular formula is C22H25F3N6. The quantitative estimate of drug-likeness (QED) is 0.634. The van der Waals surface area contributed by atoms with E-state index < -0.39 is 11.7 Å². The minimum absolute atomic E-state index is 0.203. The number of benzene rings is 1. The molecule has 1 aromatic carbocycles. The molecule has 2 aromatic heterocycles. The predicted octanol–water partition coefficient (Wildman–Crippen LogP) is 4.15. The van der Waals surface area contributed by atoms with Gasteiger partial charge in [0, 0.05) is 31.1 Å². The summed E-state index contributed by atoms with van der Waals surface area (Å²) in [5, 5.41) is 15.7. The maximum absolute atomic E-state index is 13.0. The van der Waals surface area contributed by atoms with Gasteiger partial charge in [0.25, 0.3) is 0 Å². The Morgan fingerprint density at radius 1 is 1.13 bits per heavy atom. The number of aryl methyl sites for hydroxylation is 1. The van der Waals surface area contributed by atoms with Crippen LogP contribution in [0.5, 0.6) is 0 Å². The van der Waals surface area contributed by atoms with Crippen molar-refractivity contribution in [1.29, 1.82) is 0 Å². The maximum Gasteiger partial charge on any atom is 0.416 e. The minimum atomic E-state index is -4.37. The van der Waals surface area contributed by atoms with Gasteiger partial charge in [-0.2, -0.15) is 18.3 Å². The molecule has 4 rings (SSSR count). The van der Waals surface area contributed by atoms with Gasteiger partial charge in [-0.1, -0.05) is 12.1 Å². The van der Waals surface area contributed by atoms with E-state index in [1.165, 1.54) is 6.07 Å². The summed E-state index contributed by atoms with van der Waals surface area (Å²) in [5.41, 5.74) is 2.30. The molecule has 0 bridgehead atoms. The molecule has 0 aliphatic carbocycles. The molecule has 0 radical (unpaired) electrons. The van der Waals surface area contributed by atoms with Gasteiger partial charge in [-0.15, -0.1) is 5.10 Å². The Morgan fingerprint density at radius 2 is 1.90 bits per heavy atom. The Hall–Kier alpha value is -2.94. The fourth-order valence-electron chi connectivity index (χ4n) is 3.92. The topological polar surface area (TPSA) is 66.0 Å². The van der Waals surface area contributed by atoms with Crippen molar-refractivity contribution in [2.75, 3.05) is 30.4 Å². The first kappa shape index (κ1) is 21.3. The van der Waals surface area contributed by atoms with Gasteiger partial charge in [0.1, 0.15) is 0 Å². The van der Waals surface area contributed by atoms with E-state index in [1.807, 2.05) is 26.2 Å². The predicted molar refractivity (Wildman–Crippen MR) is 115 cm³/mol. The number of fused-ring (bicyclic) bond motifs is 1. The number of rotatable bonds is 5. The second kappa shape index (κ2) is 8.66. The summed E-state index contributed by atoms with van der Waals surface area (Å²) in [6, 6.07) is 7.85. The standard InChI is InChI=1S/C22H25F3N6/c1-14-20-19(11-18(13-27-20)31-8-6-17(26-2)7-9-31)21(30-29-14)28-12-15-4-3-5-16(10-15)22(23,24)25/h3-5,10-11,13,17,26H,6-9,12H2,1-2H3,(H,28,30). The lowest BCUT2D eigenvalue weighted by atomic mass is 10.0. The molecule has 0 atom stereocenters. The smallest absolute Gasteiger partial charge is 0.370 e. The molecule has 164 valence electrons. The number of anilines is 2. The lowest BCUT2D eigenvalue weighted by Gasteiger charge is -2.33. The number of hydrogen-bond donors (Lipinski definition) is 2. The van der Waals surface area contributed by atoms with Crippen LogP contribution >= 0.6 is 0 Å². The van der Waals surface area contributed by atoms with Crippen LogP contribution < -0.4 is 15.5 Å². The highest BCUT2D eigenvalue weighted by Gasteiger charge is 2.30. The molecule has 0 unspecified atom stereocenters. The molecule has 9 heteroatoms. The monoisotopic (exact) mass is 430 g/mol. The lowest BCUT2D eigenvalue weighted by molar-refractivity contribution is -0.137. The Bertz CT molecular complexity index is 1060. The molecule has 1 fully saturated rings. The summed E-state index contributed by atoms with van der Waals surface area (Å²) in [6.45, 7) is 3.91. The molecule has 0 amide bonds. The van der Waals surface area contributed by atoms with Crippen molar-refractivity contribution in [1.82, 2.24) is 20.5 Å². The van der Waals surface area contributed by atoms with Gasteiger partial charge < -0.3 is 15.5 Å². The molecule has 31 heavy (non-hydrogen) atoms. The van der Waals surface area contributed by atoms with Gasteiger partial charge in [-0.3, -0.25) is 4.98 Å². The number of piperidine rings is 1. The zero-order chi connectivity index (χ0) is 22.0. The van der Waals surface area contributed by atoms with E-state index in [0.29, 0.717) is 23.1 Å². The molecule has 1 saturated heterocycles. The number of hydrogen-bond acceptors (Lipinski definition) is 6. The fraction of sp³-hybridized carbons (Fsp3) is 0.409. The largest absolute Gasteiger partial charge is 0.416 e. The van der Waals surface area contributed by atoms with Crippen molar-refractivity contribution < 1.29 is 13.2 Å². The molecular weight excluding hydrogens is 405 g/mol. The van der Waals surface area contributed by atoms with Gasteiger partial charge in [0.05, 0.1) is 28.7 Å². The second-order valence-corrected chi connectivity index (χ2v) is 7.83. The Balaban J connectivity index is 1.58. The van der Waals surface area contributed by atoms with E-state index in [2.05, 4.69) is 30.7 Å². The van der Waals surface area contributed by atoms with Crippen LogP contribution in [-0.4, -0.2) is 41.4 Å². The summed E-state index contributed by atoms with van der Waals surface area (Å²) in [6.07, 6.45) is -0.398. The van der Waals surface area contributed by atoms with Crippen LogP contribution in [0.1, 0.15) is 29.7 Å². The SMILES string of the molecule is CNC1CCN(c2cnc3c(C)nnc(NCc4cccc(C(F)(F)F)c4)c3c2)CC1. The molecule has 3 heterocycles. The van der Waals surface area contributed by atoms with E-state index in [0.717, 1.165) is 54.7 Å². The number of alkyl halides is 3. The molecule has 0 spiro atoms. The second-order valence-electron chi connectivity index (χ2n) is 7.83. The van der Waals surface area contributed by atoms with Crippen LogP contribution in [0.2, 0.25) is 0 Å². The number of nitrogens with one attached hydrogen (secondary N) is 2. The van der Waals surface area contributed by atoms with Crippen molar-refractivity contribution >= 4 is 22.4 Å². The van der Waals surface area contributed by atoms with Gasteiger partial charge >= 0.3 is 6.18 Å². The molecule has 6 nitrogen and oxygen atoms in total. The number of halogens is 3. The zero-order valence-corrected chi connectivity index (χ0v) is 17.5. The summed E-state index contributed by atoms with van der Waals surface area (Å²) in [4.78, 5) is 6.91. The van der Waals surface area contributed by atoms with Crippen LogP contribution in [0.4, 0.5) is 24.7 Å². The van der Waals surface area contributed by atoms with Gasteiger partial charge in [-0.05, 0) is 50.6 Å². The Kier molecular flexibility index (Phi) is 5.95. The molecule has 0 saturated carbocycles. The van der Waals surface area contributed by atoms with Crippen LogP contribution in [-0.2, 0) is 12.7 Å². The average Bonchev–Trinajstić information content (AvgIpc) is 2.78. The third kappa shape index (κ3) is 4.71. The summed E-state index contributed by atoms with van der Waals surface area (Å²) in [5.74, 6) is 0.512. The third-order valence-electron chi connectivity index (χ3n) is 5.75. The minimum Gasteiger partial charge on any atom is -0.370 e. The highest BCUT2D eigenvalue weighted by Crippen LogP contribution is 2.30. The van der Waals surface area contributed by atoms with E-state index in [1.54, 1.807) is 6.07 Å². The third-order valence-corrected chi connectivity index (χ3v) is 5.75. The van der Waals surface area contributed by atoms with E-state index in [-0.39, 0.29) is 6.54 Å². The van der Waals surface area contributed by atoms with Crippen LogP contribution in [0.3, 0.4) is 0 Å². The highest BCUT2D eigenvalue weighted by atomic mass is 19.4. The van der Waals surface area contributed by atoms with Gasteiger partial charge in [-0.25, -0.2) is 0 Å². The summed E-state index contributed by atoms with van der Waals surface area (Å²) < 4.78 is 39.0. The van der Waals surface area contributed by atoms with E-state index >= 15 is 0 Å². The number of pyridine rings is 1. The molecule has 1 aliphatic heterocycles. The van der Waals surface area contributed by atoms with Gasteiger partial charge in [0.2, 0.25) is 0 Å². The van der Waals surface area contributed by atoms with Crippen molar-refractivity contribution in [2.24, 2.45) is 0 Å². The highest BCUT2D eigenvalue weighted by molar-refractivity contribution is 5.92. The van der Waals surface area contributed by atoms with Crippen LogP contribution in [0.15, 0.2) is 36.5 Å². The number of nitrogens with zero attached hydrogens (tertiary/aromatic N) is 4. The van der Waals surface area contributed by atoms with Crippen molar-refractivity contribution in [3.05, 3.63) is 53.3 Å². The Labute approximate surface area is 178 Å². The first-order valence-electron chi connectivity index (χ1n) is 10.3. The van der Waals surface area contributed by atoms with E-state index in [9.17, 15) is 13.2 Å². The van der Waals surface area contributed by atoms with Crippen LogP contribution in [0.25, 0.3) is 10.9 Å². The lowest BCUT2D eigenvalue weighted by Crippen LogP contribution is -2.41. The number of aromatic nitrogens is 3.